The number of aryl methyl sites for hydroxylation is 1. The molecule has 0 radical (unpaired) electrons. The molecule has 4 nitrogen and oxygen atoms in total. The van der Waals surface area contributed by atoms with Crippen molar-refractivity contribution < 1.29 is 4.74 Å². The first-order chi connectivity index (χ1) is 16.9. The van der Waals surface area contributed by atoms with Crippen LogP contribution in [0.5, 0.6) is 0 Å². The first-order valence-corrected chi connectivity index (χ1v) is 13.7. The highest BCUT2D eigenvalue weighted by molar-refractivity contribution is 6.33. The molecule has 2 aliphatic rings. The lowest BCUT2D eigenvalue weighted by Gasteiger charge is -2.17. The molecule has 1 saturated heterocycles. The molecule has 0 bridgehead atoms. The molecular formula is C30H38ClN3O. The molecule has 4 unspecified atom stereocenters. The Morgan fingerprint density at radius 3 is 2.57 bits per heavy atom. The molecule has 1 aromatic heterocycles. The highest BCUT2D eigenvalue weighted by Crippen LogP contribution is 2.44. The minimum atomic E-state index is 0.0515. The van der Waals surface area contributed by atoms with Crippen molar-refractivity contribution in [3.63, 3.8) is 0 Å². The predicted octanol–water partition coefficient (Wildman–Crippen LogP) is 8.44. The lowest BCUT2D eigenvalue weighted by atomic mass is 9.87. The van der Waals surface area contributed by atoms with Crippen LogP contribution in [0.2, 0.25) is 5.02 Å². The van der Waals surface area contributed by atoms with Crippen molar-refractivity contribution in [2.24, 2.45) is 22.7 Å². The molecule has 4 atom stereocenters. The number of hydrogen-bond donors (Lipinski definition) is 0. The molecule has 4 rings (SSSR count). The first kappa shape index (κ1) is 25.9. The molecule has 2 fully saturated rings. The minimum absolute atomic E-state index is 0.0515. The normalized spacial score (nSPS) is 24.1. The molecule has 1 aromatic carbocycles. The van der Waals surface area contributed by atoms with Gasteiger partial charge in [-0.05, 0) is 80.9 Å². The van der Waals surface area contributed by atoms with Gasteiger partial charge in [-0.1, -0.05) is 62.6 Å². The van der Waals surface area contributed by atoms with Gasteiger partial charge in [0.25, 0.3) is 0 Å². The van der Waals surface area contributed by atoms with Crippen LogP contribution in [0.1, 0.15) is 82.8 Å². The highest BCUT2D eigenvalue weighted by Gasteiger charge is 2.46. The van der Waals surface area contributed by atoms with Crippen molar-refractivity contribution in [1.82, 2.24) is 4.98 Å². The quantitative estimate of drug-likeness (QED) is 0.330. The van der Waals surface area contributed by atoms with Crippen molar-refractivity contribution in [2.75, 3.05) is 6.61 Å². The van der Waals surface area contributed by atoms with E-state index in [-0.39, 0.29) is 12.0 Å². The van der Waals surface area contributed by atoms with Crippen LogP contribution in [-0.4, -0.2) is 23.4 Å². The summed E-state index contributed by atoms with van der Waals surface area (Å²) in [4.78, 5) is 9.83. The van der Waals surface area contributed by atoms with Crippen molar-refractivity contribution in [3.8, 4) is 17.3 Å². The standard InChI is InChI=1S/C30H38ClN3O/c1-5-7-21(8-6-2)22-9-11-23(12-10-22)28-27(31)15-19(3)30(34-28)33-20(4)16-25-18-35-29-24(17-32)13-14-26(25)29/h9-12,15,21,24-26,29H,5-8,13-14,16,18H2,1-4H3/b33-20+. The van der Waals surface area contributed by atoms with Gasteiger partial charge in [0, 0.05) is 11.3 Å². The molecule has 0 spiro atoms. The third-order valence-corrected chi connectivity index (χ3v) is 8.12. The van der Waals surface area contributed by atoms with Crippen molar-refractivity contribution >= 4 is 23.1 Å². The van der Waals surface area contributed by atoms with Crippen molar-refractivity contribution in [2.45, 2.75) is 84.7 Å². The SMILES string of the molecule is CCCC(CCC)c1ccc(-c2nc(/N=C(\C)CC3COC4C(C#N)CCC34)c(C)cc2Cl)cc1. The zero-order valence-electron chi connectivity index (χ0n) is 21.6. The second-order valence-corrected chi connectivity index (χ2v) is 10.8. The molecule has 2 aromatic rings. The molecule has 1 aliphatic heterocycles. The lowest BCUT2D eigenvalue weighted by molar-refractivity contribution is 0.0808. The second kappa shape index (κ2) is 11.7. The van der Waals surface area contributed by atoms with Crippen molar-refractivity contribution in [3.05, 3.63) is 46.5 Å². The van der Waals surface area contributed by atoms with Crippen LogP contribution >= 0.6 is 11.6 Å². The van der Waals surface area contributed by atoms with Gasteiger partial charge in [-0.25, -0.2) is 9.98 Å². The van der Waals surface area contributed by atoms with Crippen LogP contribution in [0.3, 0.4) is 0 Å². The summed E-state index contributed by atoms with van der Waals surface area (Å²) in [6.45, 7) is 9.33. The third-order valence-electron chi connectivity index (χ3n) is 7.83. The number of halogens is 1. The number of fused-ring (bicyclic) bond motifs is 1. The Balaban J connectivity index is 1.52. The van der Waals surface area contributed by atoms with Gasteiger partial charge < -0.3 is 4.74 Å². The van der Waals surface area contributed by atoms with Crippen molar-refractivity contribution in [1.29, 1.82) is 5.26 Å². The van der Waals surface area contributed by atoms with E-state index in [9.17, 15) is 5.26 Å². The number of benzene rings is 1. The molecular weight excluding hydrogens is 454 g/mol. The zero-order chi connectivity index (χ0) is 24.9. The summed E-state index contributed by atoms with van der Waals surface area (Å²) < 4.78 is 6.01. The van der Waals surface area contributed by atoms with E-state index in [2.05, 4.69) is 51.1 Å². The maximum absolute atomic E-state index is 9.37. The second-order valence-electron chi connectivity index (χ2n) is 10.4. The Morgan fingerprint density at radius 2 is 1.91 bits per heavy atom. The summed E-state index contributed by atoms with van der Waals surface area (Å²) in [6.07, 6.45) is 7.87. The zero-order valence-corrected chi connectivity index (χ0v) is 22.3. The van der Waals surface area contributed by atoms with Gasteiger partial charge in [-0.3, -0.25) is 0 Å². The van der Waals surface area contributed by atoms with Crippen LogP contribution in [0, 0.1) is 36.0 Å². The highest BCUT2D eigenvalue weighted by atomic mass is 35.5. The molecule has 186 valence electrons. The van der Waals surface area contributed by atoms with E-state index in [1.807, 2.05) is 13.0 Å². The summed E-state index contributed by atoms with van der Waals surface area (Å²) in [6, 6.07) is 13.2. The van der Waals surface area contributed by atoms with Crippen LogP contribution in [0.15, 0.2) is 35.3 Å². The van der Waals surface area contributed by atoms with Crippen LogP contribution in [-0.2, 0) is 4.74 Å². The number of aromatic nitrogens is 1. The summed E-state index contributed by atoms with van der Waals surface area (Å²) in [7, 11) is 0. The minimum Gasteiger partial charge on any atom is -0.376 e. The fourth-order valence-corrected chi connectivity index (χ4v) is 6.34. The fraction of sp³-hybridized carbons (Fsp3) is 0.567. The van der Waals surface area contributed by atoms with E-state index in [0.717, 1.165) is 54.2 Å². The lowest BCUT2D eigenvalue weighted by Crippen LogP contribution is -2.20. The number of rotatable bonds is 9. The van der Waals surface area contributed by atoms with Gasteiger partial charge in [0.2, 0.25) is 0 Å². The van der Waals surface area contributed by atoms with Gasteiger partial charge in [0.1, 0.15) is 0 Å². The average molecular weight is 492 g/mol. The van der Waals surface area contributed by atoms with Crippen LogP contribution < -0.4 is 0 Å². The third kappa shape index (κ3) is 5.79. The monoisotopic (exact) mass is 491 g/mol. The molecule has 35 heavy (non-hydrogen) atoms. The van der Waals surface area contributed by atoms with Gasteiger partial charge >= 0.3 is 0 Å². The van der Waals surface area contributed by atoms with Gasteiger partial charge in [-0.2, -0.15) is 5.26 Å². The van der Waals surface area contributed by atoms with E-state index in [0.29, 0.717) is 22.8 Å². The van der Waals surface area contributed by atoms with Gasteiger partial charge in [0.15, 0.2) is 5.82 Å². The summed E-state index contributed by atoms with van der Waals surface area (Å²) >= 11 is 6.65. The van der Waals surface area contributed by atoms with Crippen LogP contribution in [0.4, 0.5) is 5.82 Å². The fourth-order valence-electron chi connectivity index (χ4n) is 6.03. The summed E-state index contributed by atoms with van der Waals surface area (Å²) in [5.41, 5.74) is 5.25. The number of ether oxygens (including phenoxy) is 1. The molecule has 2 heterocycles. The van der Waals surface area contributed by atoms with Gasteiger partial charge in [0.05, 0.1) is 35.4 Å². The van der Waals surface area contributed by atoms with Gasteiger partial charge in [-0.15, -0.1) is 0 Å². The number of nitrogens with zero attached hydrogens (tertiary/aromatic N) is 3. The molecule has 5 heteroatoms. The van der Waals surface area contributed by atoms with Crippen LogP contribution in [0.25, 0.3) is 11.3 Å². The Labute approximate surface area is 215 Å². The Bertz CT molecular complexity index is 1080. The van der Waals surface area contributed by atoms with E-state index in [1.54, 1.807) is 0 Å². The largest absolute Gasteiger partial charge is 0.376 e. The molecule has 0 amide bonds. The summed E-state index contributed by atoms with van der Waals surface area (Å²) in [5, 5.41) is 10.0. The van der Waals surface area contributed by atoms with E-state index in [4.69, 9.17) is 26.3 Å². The topological polar surface area (TPSA) is 58.3 Å². The number of hydrogen-bond acceptors (Lipinski definition) is 4. The molecule has 1 saturated carbocycles. The number of pyridine rings is 1. The number of nitriles is 1. The van der Waals surface area contributed by atoms with E-state index in [1.165, 1.54) is 31.2 Å². The Kier molecular flexibility index (Phi) is 8.63. The van der Waals surface area contributed by atoms with E-state index < -0.39 is 0 Å². The maximum atomic E-state index is 9.37. The Morgan fingerprint density at radius 1 is 1.20 bits per heavy atom. The average Bonchev–Trinajstić information content (AvgIpc) is 3.43. The van der Waals surface area contributed by atoms with E-state index >= 15 is 0 Å². The Hall–Kier alpha value is -2.22. The summed E-state index contributed by atoms with van der Waals surface area (Å²) in [5.74, 6) is 2.31. The predicted molar refractivity (Wildman–Crippen MR) is 144 cm³/mol. The maximum Gasteiger partial charge on any atom is 0.155 e. The first-order valence-electron chi connectivity index (χ1n) is 13.3. The number of aliphatic imine (C=N–C) groups is 1. The molecule has 0 N–H and O–H groups in total. The smallest absolute Gasteiger partial charge is 0.155 e. The molecule has 1 aliphatic carbocycles.